The zero-order valence-corrected chi connectivity index (χ0v) is 19.1. The van der Waals surface area contributed by atoms with Crippen LogP contribution in [0.5, 0.6) is 0 Å². The molecule has 2 saturated heterocycles. The molecule has 1 atom stereocenters. The minimum absolute atomic E-state index is 0.284. The van der Waals surface area contributed by atoms with Gasteiger partial charge in [-0.2, -0.15) is 0 Å². The number of carbonyl (C=O) groups excluding carboxylic acids is 1. The highest BCUT2D eigenvalue weighted by Gasteiger charge is 2.32. The number of rotatable bonds is 6. The number of piperidine rings is 1. The van der Waals surface area contributed by atoms with Crippen LogP contribution in [0.4, 0.5) is 0 Å². The molecule has 3 fully saturated rings. The first-order valence-electron chi connectivity index (χ1n) is 11.7. The van der Waals surface area contributed by atoms with Crippen LogP contribution in [0.2, 0.25) is 0 Å². The summed E-state index contributed by atoms with van der Waals surface area (Å²) in [7, 11) is 1.84. The van der Waals surface area contributed by atoms with Crippen LogP contribution >= 0.6 is 11.3 Å². The van der Waals surface area contributed by atoms with Gasteiger partial charge in [-0.15, -0.1) is 11.3 Å². The lowest BCUT2D eigenvalue weighted by atomic mass is 9.97. The van der Waals surface area contributed by atoms with Crippen molar-refractivity contribution >= 4 is 23.2 Å². The Labute approximate surface area is 185 Å². The summed E-state index contributed by atoms with van der Waals surface area (Å²) in [5.41, 5.74) is 0. The number of aliphatic imine (C=N–C) groups is 1. The molecule has 1 aliphatic carbocycles. The van der Waals surface area contributed by atoms with Crippen LogP contribution in [0.15, 0.2) is 22.5 Å². The molecule has 1 unspecified atom stereocenters. The number of hydrogen-bond acceptors (Lipinski definition) is 4. The Balaban J connectivity index is 1.15. The summed E-state index contributed by atoms with van der Waals surface area (Å²) >= 11 is 1.86. The summed E-state index contributed by atoms with van der Waals surface area (Å²) in [5, 5.41) is 9.27. The van der Waals surface area contributed by atoms with Gasteiger partial charge >= 0.3 is 0 Å². The second-order valence-corrected chi connectivity index (χ2v) is 10.2. The van der Waals surface area contributed by atoms with Gasteiger partial charge in [0.05, 0.1) is 0 Å². The molecule has 1 aromatic heterocycles. The molecule has 0 spiro atoms. The number of likely N-dealkylation sites (tertiary alicyclic amines) is 2. The molecule has 3 heterocycles. The molecule has 30 heavy (non-hydrogen) atoms. The van der Waals surface area contributed by atoms with Gasteiger partial charge in [-0.1, -0.05) is 18.9 Å². The first-order chi connectivity index (χ1) is 14.7. The maximum atomic E-state index is 12.7. The molecule has 0 radical (unpaired) electrons. The predicted molar refractivity (Wildman–Crippen MR) is 124 cm³/mol. The fourth-order valence-electron chi connectivity index (χ4n) is 5.11. The van der Waals surface area contributed by atoms with Gasteiger partial charge in [0.1, 0.15) is 0 Å². The lowest BCUT2D eigenvalue weighted by molar-refractivity contribution is -0.134. The van der Waals surface area contributed by atoms with Crippen molar-refractivity contribution in [2.75, 3.05) is 39.8 Å². The van der Waals surface area contributed by atoms with Gasteiger partial charge in [0, 0.05) is 50.1 Å². The fraction of sp³-hybridized carbons (Fsp3) is 0.739. The van der Waals surface area contributed by atoms with E-state index in [-0.39, 0.29) is 5.92 Å². The second kappa shape index (κ2) is 10.6. The van der Waals surface area contributed by atoms with E-state index in [1.165, 1.54) is 43.6 Å². The van der Waals surface area contributed by atoms with E-state index in [2.05, 4.69) is 42.9 Å². The summed E-state index contributed by atoms with van der Waals surface area (Å²) in [6, 6.07) is 4.69. The molecule has 3 aliphatic rings. The molecule has 2 aliphatic heterocycles. The largest absolute Gasteiger partial charge is 0.356 e. The summed E-state index contributed by atoms with van der Waals surface area (Å²) < 4.78 is 0. The van der Waals surface area contributed by atoms with Gasteiger partial charge in [-0.25, -0.2) is 0 Å². The molecule has 1 amide bonds. The molecule has 6 nitrogen and oxygen atoms in total. The smallest absolute Gasteiger partial charge is 0.225 e. The average Bonchev–Trinajstić information content (AvgIpc) is 3.55. The highest BCUT2D eigenvalue weighted by molar-refractivity contribution is 7.09. The molecule has 4 rings (SSSR count). The second-order valence-electron chi connectivity index (χ2n) is 9.15. The predicted octanol–water partition coefficient (Wildman–Crippen LogP) is 2.92. The molecule has 166 valence electrons. The van der Waals surface area contributed by atoms with E-state index in [0.29, 0.717) is 17.9 Å². The molecule has 0 aromatic carbocycles. The van der Waals surface area contributed by atoms with Crippen molar-refractivity contribution in [3.63, 3.8) is 0 Å². The minimum Gasteiger partial charge on any atom is -0.356 e. The number of nitrogens with zero attached hydrogens (tertiary/aromatic N) is 3. The van der Waals surface area contributed by atoms with Gasteiger partial charge in [0.15, 0.2) is 5.96 Å². The van der Waals surface area contributed by atoms with Gasteiger partial charge in [-0.05, 0) is 62.6 Å². The van der Waals surface area contributed by atoms with E-state index in [0.717, 1.165) is 51.4 Å². The Kier molecular flexibility index (Phi) is 7.66. The first kappa shape index (κ1) is 21.6. The Morgan fingerprint density at radius 3 is 2.67 bits per heavy atom. The standard InChI is InChI=1S/C23H37N5OS/c1-24-23(26-20-10-13-28(16-20)22(29)19-5-2-3-6-19)25-15-18-8-11-27(12-9-18)17-21-7-4-14-30-21/h4,7,14,18-20H,2-3,5-6,8-13,15-17H2,1H3,(H2,24,25,26). The van der Waals surface area contributed by atoms with Crippen molar-refractivity contribution in [2.24, 2.45) is 16.8 Å². The Hall–Kier alpha value is -1.60. The summed E-state index contributed by atoms with van der Waals surface area (Å²) in [6.07, 6.45) is 8.10. The van der Waals surface area contributed by atoms with Gasteiger partial charge in [0.2, 0.25) is 5.91 Å². The van der Waals surface area contributed by atoms with Crippen molar-refractivity contribution in [1.29, 1.82) is 0 Å². The van der Waals surface area contributed by atoms with Crippen LogP contribution in [-0.4, -0.2) is 67.5 Å². The van der Waals surface area contributed by atoms with Crippen molar-refractivity contribution < 1.29 is 4.79 Å². The van der Waals surface area contributed by atoms with Crippen LogP contribution in [0.3, 0.4) is 0 Å². The number of guanidine groups is 1. The maximum Gasteiger partial charge on any atom is 0.225 e. The normalized spacial score (nSPS) is 24.5. The van der Waals surface area contributed by atoms with Crippen molar-refractivity contribution in [3.05, 3.63) is 22.4 Å². The summed E-state index contributed by atoms with van der Waals surface area (Å²) in [4.78, 5) is 23.2. The van der Waals surface area contributed by atoms with Crippen molar-refractivity contribution in [2.45, 2.75) is 57.5 Å². The Morgan fingerprint density at radius 1 is 1.17 bits per heavy atom. The SMILES string of the molecule is CN=C(NCC1CCN(Cc2cccs2)CC1)NC1CCN(C(=O)C2CCCC2)C1. The van der Waals surface area contributed by atoms with Gasteiger partial charge in [-0.3, -0.25) is 14.7 Å². The van der Waals surface area contributed by atoms with Crippen LogP contribution in [0.1, 0.15) is 49.8 Å². The van der Waals surface area contributed by atoms with Crippen LogP contribution in [0.25, 0.3) is 0 Å². The van der Waals surface area contributed by atoms with Crippen LogP contribution < -0.4 is 10.6 Å². The topological polar surface area (TPSA) is 60.0 Å². The molecule has 1 aromatic rings. The third-order valence-electron chi connectivity index (χ3n) is 6.99. The molecular formula is C23H37N5OS. The number of thiophene rings is 1. The molecular weight excluding hydrogens is 394 g/mol. The maximum absolute atomic E-state index is 12.7. The summed E-state index contributed by atoms with van der Waals surface area (Å²) in [5.74, 6) is 2.25. The fourth-order valence-corrected chi connectivity index (χ4v) is 5.86. The van der Waals surface area contributed by atoms with E-state index in [1.807, 2.05) is 18.4 Å². The summed E-state index contributed by atoms with van der Waals surface area (Å²) in [6.45, 7) is 6.13. The highest BCUT2D eigenvalue weighted by Crippen LogP contribution is 2.28. The third-order valence-corrected chi connectivity index (χ3v) is 7.85. The number of nitrogens with one attached hydrogen (secondary N) is 2. The van der Waals surface area contributed by atoms with E-state index in [9.17, 15) is 4.79 Å². The quantitative estimate of drug-likeness (QED) is 0.537. The zero-order chi connectivity index (χ0) is 20.8. The van der Waals surface area contributed by atoms with Crippen molar-refractivity contribution in [3.8, 4) is 0 Å². The first-order valence-corrected chi connectivity index (χ1v) is 12.6. The Bertz CT molecular complexity index is 692. The number of carbonyl (C=O) groups is 1. The van der Waals surface area contributed by atoms with E-state index in [1.54, 1.807) is 0 Å². The van der Waals surface area contributed by atoms with Crippen molar-refractivity contribution in [1.82, 2.24) is 20.4 Å². The molecule has 1 saturated carbocycles. The number of hydrogen-bond donors (Lipinski definition) is 2. The molecule has 0 bridgehead atoms. The minimum atomic E-state index is 0.284. The lowest BCUT2D eigenvalue weighted by Crippen LogP contribution is -2.47. The van der Waals surface area contributed by atoms with Gasteiger partial charge < -0.3 is 15.5 Å². The van der Waals surface area contributed by atoms with E-state index in [4.69, 9.17) is 0 Å². The third kappa shape index (κ3) is 5.76. The lowest BCUT2D eigenvalue weighted by Gasteiger charge is -2.32. The average molecular weight is 432 g/mol. The molecule has 2 N–H and O–H groups in total. The Morgan fingerprint density at radius 2 is 1.97 bits per heavy atom. The van der Waals surface area contributed by atoms with Gasteiger partial charge in [0.25, 0.3) is 0 Å². The monoisotopic (exact) mass is 431 g/mol. The number of amides is 1. The highest BCUT2D eigenvalue weighted by atomic mass is 32.1. The van der Waals surface area contributed by atoms with E-state index >= 15 is 0 Å². The van der Waals surface area contributed by atoms with E-state index < -0.39 is 0 Å². The molecule has 7 heteroatoms. The van der Waals surface area contributed by atoms with Crippen LogP contribution in [-0.2, 0) is 11.3 Å². The zero-order valence-electron chi connectivity index (χ0n) is 18.3. The van der Waals surface area contributed by atoms with Crippen LogP contribution in [0, 0.1) is 11.8 Å².